The quantitative estimate of drug-likeness (QED) is 0.820. The van der Waals surface area contributed by atoms with Crippen LogP contribution < -0.4 is 5.32 Å². The molecule has 16 heavy (non-hydrogen) atoms. The first kappa shape index (κ1) is 10.6. The second-order valence-corrected chi connectivity index (χ2v) is 3.53. The highest BCUT2D eigenvalue weighted by atomic mass is 16.3. The number of nitrogens with zero attached hydrogens (tertiary/aromatic N) is 1. The molecule has 0 radical (unpaired) electrons. The molecule has 0 unspecified atom stereocenters. The highest BCUT2D eigenvalue weighted by molar-refractivity contribution is 5.48. The molecule has 2 N–H and O–H groups in total. The number of anilines is 1. The van der Waals surface area contributed by atoms with Gasteiger partial charge in [0, 0.05) is 18.3 Å². The minimum atomic E-state index is 0.0274. The van der Waals surface area contributed by atoms with Crippen molar-refractivity contribution in [2.75, 3.05) is 5.32 Å². The molecule has 3 nitrogen and oxygen atoms in total. The fraction of sp³-hybridized carbons (Fsp3) is 0.154. The number of aromatic nitrogens is 1. The van der Waals surface area contributed by atoms with Crippen LogP contribution in [0, 0.1) is 0 Å². The monoisotopic (exact) mass is 214 g/mol. The Balaban J connectivity index is 2.05. The van der Waals surface area contributed by atoms with E-state index in [9.17, 15) is 0 Å². The van der Waals surface area contributed by atoms with Gasteiger partial charge in [-0.25, -0.2) is 0 Å². The summed E-state index contributed by atoms with van der Waals surface area (Å²) in [5.41, 5.74) is 2.95. The van der Waals surface area contributed by atoms with Crippen molar-refractivity contribution in [3.8, 4) is 0 Å². The summed E-state index contributed by atoms with van der Waals surface area (Å²) in [6.45, 7) is 0.763. The number of benzene rings is 1. The van der Waals surface area contributed by atoms with E-state index < -0.39 is 0 Å². The first-order valence-electron chi connectivity index (χ1n) is 5.21. The van der Waals surface area contributed by atoms with Gasteiger partial charge >= 0.3 is 0 Å². The van der Waals surface area contributed by atoms with Crippen molar-refractivity contribution in [3.05, 3.63) is 59.9 Å². The predicted molar refractivity (Wildman–Crippen MR) is 63.9 cm³/mol. The lowest BCUT2D eigenvalue weighted by molar-refractivity contribution is 0.282. The molecule has 82 valence electrons. The van der Waals surface area contributed by atoms with Gasteiger partial charge in [-0.1, -0.05) is 30.3 Å². The molecular weight excluding hydrogens is 200 g/mol. The topological polar surface area (TPSA) is 45.2 Å². The van der Waals surface area contributed by atoms with Gasteiger partial charge in [0.1, 0.15) is 0 Å². The molecule has 0 atom stereocenters. The maximum Gasteiger partial charge on any atom is 0.0703 e. The predicted octanol–water partition coefficient (Wildman–Crippen LogP) is 2.19. The van der Waals surface area contributed by atoms with Gasteiger partial charge in [-0.2, -0.15) is 0 Å². The number of aliphatic hydroxyl groups is 1. The Kier molecular flexibility index (Phi) is 3.51. The lowest BCUT2D eigenvalue weighted by Gasteiger charge is -2.09. The first-order valence-corrected chi connectivity index (χ1v) is 5.21. The maximum atomic E-state index is 9.15. The molecule has 0 saturated heterocycles. The SMILES string of the molecule is OCc1ccncc1NCc1ccccc1. The first-order chi connectivity index (χ1) is 7.90. The third-order valence-electron chi connectivity index (χ3n) is 2.41. The maximum absolute atomic E-state index is 9.15. The average Bonchev–Trinajstić information content (AvgIpc) is 2.38. The second kappa shape index (κ2) is 5.28. The smallest absolute Gasteiger partial charge is 0.0703 e. The van der Waals surface area contributed by atoms with Crippen molar-refractivity contribution >= 4 is 5.69 Å². The number of nitrogens with one attached hydrogen (secondary N) is 1. The molecule has 2 aromatic rings. The van der Waals surface area contributed by atoms with E-state index in [0.717, 1.165) is 17.8 Å². The molecule has 0 aliphatic heterocycles. The molecular formula is C13H14N2O. The Morgan fingerprint density at radius 2 is 1.94 bits per heavy atom. The summed E-state index contributed by atoms with van der Waals surface area (Å²) < 4.78 is 0. The summed E-state index contributed by atoms with van der Waals surface area (Å²) in [7, 11) is 0. The molecule has 0 aliphatic carbocycles. The zero-order valence-electron chi connectivity index (χ0n) is 8.93. The molecule has 1 heterocycles. The standard InChI is InChI=1S/C13H14N2O/c16-10-12-6-7-14-9-13(12)15-8-11-4-2-1-3-5-11/h1-7,9,15-16H,8,10H2. The van der Waals surface area contributed by atoms with E-state index >= 15 is 0 Å². The third kappa shape index (κ3) is 2.58. The second-order valence-electron chi connectivity index (χ2n) is 3.53. The third-order valence-corrected chi connectivity index (χ3v) is 2.41. The van der Waals surface area contributed by atoms with Crippen LogP contribution in [0.15, 0.2) is 48.8 Å². The number of hydrogen-bond acceptors (Lipinski definition) is 3. The van der Waals surface area contributed by atoms with Gasteiger partial charge in [-0.3, -0.25) is 4.98 Å². The van der Waals surface area contributed by atoms with E-state index in [1.165, 1.54) is 5.56 Å². The molecule has 1 aromatic carbocycles. The average molecular weight is 214 g/mol. The van der Waals surface area contributed by atoms with Gasteiger partial charge in [0.25, 0.3) is 0 Å². The van der Waals surface area contributed by atoms with Crippen LogP contribution in [-0.4, -0.2) is 10.1 Å². The van der Waals surface area contributed by atoms with Crippen LogP contribution in [-0.2, 0) is 13.2 Å². The van der Waals surface area contributed by atoms with Crippen LogP contribution in [0.5, 0.6) is 0 Å². The van der Waals surface area contributed by atoms with E-state index in [4.69, 9.17) is 5.11 Å². The molecule has 1 aromatic heterocycles. The van der Waals surface area contributed by atoms with Gasteiger partial charge in [0.15, 0.2) is 0 Å². The van der Waals surface area contributed by atoms with Crippen molar-refractivity contribution < 1.29 is 5.11 Å². The number of aliphatic hydroxyl groups excluding tert-OH is 1. The van der Waals surface area contributed by atoms with E-state index in [0.29, 0.717) is 0 Å². The molecule has 0 saturated carbocycles. The molecule has 2 rings (SSSR count). The minimum absolute atomic E-state index is 0.0274. The van der Waals surface area contributed by atoms with Crippen molar-refractivity contribution in [2.24, 2.45) is 0 Å². The van der Waals surface area contributed by atoms with E-state index in [1.54, 1.807) is 12.4 Å². The van der Waals surface area contributed by atoms with Crippen LogP contribution in [0.2, 0.25) is 0 Å². The number of pyridine rings is 1. The Morgan fingerprint density at radius 1 is 1.12 bits per heavy atom. The Labute approximate surface area is 94.8 Å². The number of hydrogen-bond donors (Lipinski definition) is 2. The van der Waals surface area contributed by atoms with Gasteiger partial charge in [0.05, 0.1) is 18.5 Å². The summed E-state index contributed by atoms with van der Waals surface area (Å²) in [6.07, 6.45) is 3.41. The van der Waals surface area contributed by atoms with Gasteiger partial charge < -0.3 is 10.4 Å². The zero-order valence-corrected chi connectivity index (χ0v) is 8.93. The molecule has 0 aliphatic rings. The van der Waals surface area contributed by atoms with Crippen LogP contribution in [0.1, 0.15) is 11.1 Å². The largest absolute Gasteiger partial charge is 0.392 e. The van der Waals surface area contributed by atoms with Crippen molar-refractivity contribution in [3.63, 3.8) is 0 Å². The molecule has 0 fully saturated rings. The van der Waals surface area contributed by atoms with Gasteiger partial charge in [-0.05, 0) is 11.6 Å². The summed E-state index contributed by atoms with van der Waals surface area (Å²) in [5, 5.41) is 12.4. The van der Waals surface area contributed by atoms with Crippen LogP contribution >= 0.6 is 0 Å². The molecule has 3 heteroatoms. The Bertz CT molecular complexity index is 443. The lowest BCUT2D eigenvalue weighted by atomic mass is 10.2. The highest BCUT2D eigenvalue weighted by Crippen LogP contribution is 2.14. The van der Waals surface area contributed by atoms with E-state index in [2.05, 4.69) is 22.4 Å². The van der Waals surface area contributed by atoms with Crippen LogP contribution in [0.25, 0.3) is 0 Å². The Hall–Kier alpha value is -1.87. The van der Waals surface area contributed by atoms with Gasteiger partial charge in [0.2, 0.25) is 0 Å². The zero-order chi connectivity index (χ0) is 11.2. The van der Waals surface area contributed by atoms with Crippen molar-refractivity contribution in [1.82, 2.24) is 4.98 Å². The molecule has 0 bridgehead atoms. The van der Waals surface area contributed by atoms with Crippen LogP contribution in [0.4, 0.5) is 5.69 Å². The van der Waals surface area contributed by atoms with Crippen molar-refractivity contribution in [2.45, 2.75) is 13.2 Å². The summed E-state index contributed by atoms with van der Waals surface area (Å²) >= 11 is 0. The fourth-order valence-electron chi connectivity index (χ4n) is 1.51. The number of rotatable bonds is 4. The van der Waals surface area contributed by atoms with Crippen LogP contribution in [0.3, 0.4) is 0 Å². The normalized spacial score (nSPS) is 10.1. The summed E-state index contributed by atoms with van der Waals surface area (Å²) in [4.78, 5) is 4.03. The summed E-state index contributed by atoms with van der Waals surface area (Å²) in [6, 6.07) is 11.9. The Morgan fingerprint density at radius 3 is 2.69 bits per heavy atom. The van der Waals surface area contributed by atoms with E-state index in [1.807, 2.05) is 24.3 Å². The highest BCUT2D eigenvalue weighted by Gasteiger charge is 2.00. The minimum Gasteiger partial charge on any atom is -0.392 e. The molecule has 0 amide bonds. The lowest BCUT2D eigenvalue weighted by Crippen LogP contribution is -2.02. The molecule has 0 spiro atoms. The van der Waals surface area contributed by atoms with Gasteiger partial charge in [-0.15, -0.1) is 0 Å². The summed E-state index contributed by atoms with van der Waals surface area (Å²) in [5.74, 6) is 0. The van der Waals surface area contributed by atoms with Crippen molar-refractivity contribution in [1.29, 1.82) is 0 Å². The fourth-order valence-corrected chi connectivity index (χ4v) is 1.51. The van der Waals surface area contributed by atoms with E-state index in [-0.39, 0.29) is 6.61 Å².